The van der Waals surface area contributed by atoms with Crippen LogP contribution in [0.15, 0.2) is 24.3 Å². The summed E-state index contributed by atoms with van der Waals surface area (Å²) in [6, 6.07) is 7.23. The highest BCUT2D eigenvalue weighted by Gasteiger charge is 2.15. The Bertz CT molecular complexity index is 295. The summed E-state index contributed by atoms with van der Waals surface area (Å²) in [5.74, 6) is 0.967. The number of hydrogen-bond acceptors (Lipinski definition) is 2. The summed E-state index contributed by atoms with van der Waals surface area (Å²) < 4.78 is 0. The summed E-state index contributed by atoms with van der Waals surface area (Å²) in [5, 5.41) is 12.6. The normalized spacial score (nSPS) is 11.7. The average molecular weight is 228 g/mol. The first-order valence-corrected chi connectivity index (χ1v) is 5.66. The van der Waals surface area contributed by atoms with Gasteiger partial charge in [0.2, 0.25) is 0 Å². The fourth-order valence-corrected chi connectivity index (χ4v) is 1.75. The Hall–Kier alpha value is -0.730. The van der Waals surface area contributed by atoms with Crippen molar-refractivity contribution < 1.29 is 5.11 Å². The van der Waals surface area contributed by atoms with E-state index in [0.29, 0.717) is 11.6 Å². The van der Waals surface area contributed by atoms with Crippen molar-refractivity contribution in [1.29, 1.82) is 0 Å². The van der Waals surface area contributed by atoms with Crippen molar-refractivity contribution in [3.63, 3.8) is 0 Å². The lowest BCUT2D eigenvalue weighted by atomic mass is 10.0. The average Bonchev–Trinajstić information content (AvgIpc) is 2.17. The van der Waals surface area contributed by atoms with Gasteiger partial charge in [-0.2, -0.15) is 0 Å². The first-order valence-electron chi connectivity index (χ1n) is 5.12. The Balaban J connectivity index is 2.46. The van der Waals surface area contributed by atoms with Crippen LogP contribution in [0.3, 0.4) is 0 Å². The van der Waals surface area contributed by atoms with Crippen molar-refractivity contribution in [2.24, 2.45) is 0 Å². The highest BCUT2D eigenvalue weighted by Crippen LogP contribution is 2.13. The summed E-state index contributed by atoms with van der Waals surface area (Å²) >= 11 is 5.72. The summed E-state index contributed by atoms with van der Waals surface area (Å²) in [4.78, 5) is 0. The molecule has 0 saturated heterocycles. The number of benzene rings is 1. The Morgan fingerprint density at radius 2 is 1.87 bits per heavy atom. The van der Waals surface area contributed by atoms with Gasteiger partial charge >= 0.3 is 0 Å². The van der Waals surface area contributed by atoms with E-state index in [-0.39, 0.29) is 5.54 Å². The van der Waals surface area contributed by atoms with Crippen LogP contribution in [0.4, 0.5) is 0 Å². The quantitative estimate of drug-likeness (QED) is 0.759. The van der Waals surface area contributed by atoms with Crippen LogP contribution < -0.4 is 5.32 Å². The van der Waals surface area contributed by atoms with E-state index in [1.165, 1.54) is 0 Å². The van der Waals surface area contributed by atoms with Gasteiger partial charge in [-0.25, -0.2) is 0 Å². The number of phenols is 1. The van der Waals surface area contributed by atoms with Crippen LogP contribution >= 0.6 is 11.6 Å². The second-order valence-corrected chi connectivity index (χ2v) is 4.72. The van der Waals surface area contributed by atoms with E-state index >= 15 is 0 Å². The zero-order valence-electron chi connectivity index (χ0n) is 9.26. The monoisotopic (exact) mass is 227 g/mol. The molecule has 0 amide bonds. The molecule has 0 spiro atoms. The lowest BCUT2D eigenvalue weighted by molar-refractivity contribution is 0.376. The number of hydrogen-bond donors (Lipinski definition) is 2. The van der Waals surface area contributed by atoms with Crippen LogP contribution in [0.2, 0.25) is 0 Å². The number of alkyl halides is 1. The maximum absolute atomic E-state index is 9.13. The van der Waals surface area contributed by atoms with Gasteiger partial charge in [0.15, 0.2) is 0 Å². The van der Waals surface area contributed by atoms with Crippen molar-refractivity contribution in [2.75, 3.05) is 5.88 Å². The predicted octanol–water partition coefficient (Wildman–Crippen LogP) is 2.89. The van der Waals surface area contributed by atoms with Crippen LogP contribution in [0.1, 0.15) is 25.8 Å². The van der Waals surface area contributed by atoms with Gasteiger partial charge in [0.25, 0.3) is 0 Å². The van der Waals surface area contributed by atoms with E-state index < -0.39 is 0 Å². The van der Waals surface area contributed by atoms with Gasteiger partial charge in [-0.05, 0) is 38.0 Å². The van der Waals surface area contributed by atoms with E-state index in [9.17, 15) is 0 Å². The van der Waals surface area contributed by atoms with Crippen molar-refractivity contribution in [3.05, 3.63) is 29.8 Å². The Kier molecular flexibility index (Phi) is 4.43. The minimum Gasteiger partial charge on any atom is -0.508 e. The Morgan fingerprint density at radius 1 is 1.27 bits per heavy atom. The van der Waals surface area contributed by atoms with E-state index in [2.05, 4.69) is 19.2 Å². The third kappa shape index (κ3) is 4.54. The van der Waals surface area contributed by atoms with Gasteiger partial charge in [0, 0.05) is 18.0 Å². The molecule has 15 heavy (non-hydrogen) atoms. The molecular formula is C12H18ClNO. The van der Waals surface area contributed by atoms with Crippen LogP contribution in [0.5, 0.6) is 5.75 Å². The first kappa shape index (κ1) is 12.3. The van der Waals surface area contributed by atoms with Gasteiger partial charge in [-0.3, -0.25) is 0 Å². The highest BCUT2D eigenvalue weighted by atomic mass is 35.5. The van der Waals surface area contributed by atoms with Crippen molar-refractivity contribution >= 4 is 11.6 Å². The van der Waals surface area contributed by atoms with Gasteiger partial charge in [0.1, 0.15) is 5.75 Å². The summed E-state index contributed by atoms with van der Waals surface area (Å²) in [7, 11) is 0. The minimum absolute atomic E-state index is 0.0552. The number of halogens is 1. The molecule has 1 aromatic carbocycles. The SMILES string of the molecule is CC(C)(CCCl)NCc1ccc(O)cc1. The summed E-state index contributed by atoms with van der Waals surface area (Å²) in [6.07, 6.45) is 0.937. The fourth-order valence-electron chi connectivity index (χ4n) is 1.28. The van der Waals surface area contributed by atoms with Gasteiger partial charge in [-0.15, -0.1) is 11.6 Å². The predicted molar refractivity (Wildman–Crippen MR) is 64.4 cm³/mol. The second-order valence-electron chi connectivity index (χ2n) is 4.34. The Morgan fingerprint density at radius 3 is 2.40 bits per heavy atom. The van der Waals surface area contributed by atoms with Crippen molar-refractivity contribution in [3.8, 4) is 5.75 Å². The molecule has 2 N–H and O–H groups in total. The lowest BCUT2D eigenvalue weighted by Crippen LogP contribution is -2.38. The van der Waals surface area contributed by atoms with E-state index in [4.69, 9.17) is 16.7 Å². The van der Waals surface area contributed by atoms with E-state index in [1.807, 2.05) is 12.1 Å². The molecule has 0 aromatic heterocycles. The third-order valence-electron chi connectivity index (χ3n) is 2.43. The molecule has 0 aliphatic rings. The number of rotatable bonds is 5. The largest absolute Gasteiger partial charge is 0.508 e. The molecule has 0 unspecified atom stereocenters. The fraction of sp³-hybridized carbons (Fsp3) is 0.500. The molecule has 3 heteroatoms. The lowest BCUT2D eigenvalue weighted by Gasteiger charge is -2.25. The van der Waals surface area contributed by atoms with Gasteiger partial charge < -0.3 is 10.4 Å². The van der Waals surface area contributed by atoms with Crippen LogP contribution in [-0.2, 0) is 6.54 Å². The molecule has 0 fully saturated rings. The summed E-state index contributed by atoms with van der Waals surface area (Å²) in [5.41, 5.74) is 1.22. The third-order valence-corrected chi connectivity index (χ3v) is 2.62. The van der Waals surface area contributed by atoms with Crippen molar-refractivity contribution in [2.45, 2.75) is 32.4 Å². The first-order chi connectivity index (χ1) is 7.03. The van der Waals surface area contributed by atoms with E-state index in [0.717, 1.165) is 18.5 Å². The topological polar surface area (TPSA) is 32.3 Å². The minimum atomic E-state index is 0.0552. The second kappa shape index (κ2) is 5.38. The zero-order chi connectivity index (χ0) is 11.3. The van der Waals surface area contributed by atoms with Crippen LogP contribution in [0, 0.1) is 0 Å². The van der Waals surface area contributed by atoms with Gasteiger partial charge in [0.05, 0.1) is 0 Å². The van der Waals surface area contributed by atoms with Crippen LogP contribution in [0.25, 0.3) is 0 Å². The molecule has 0 aliphatic carbocycles. The molecule has 0 atom stereocenters. The standard InChI is InChI=1S/C12H18ClNO/c1-12(2,7-8-13)14-9-10-3-5-11(15)6-4-10/h3-6,14-15H,7-9H2,1-2H3. The molecule has 0 saturated carbocycles. The molecule has 1 aromatic rings. The zero-order valence-corrected chi connectivity index (χ0v) is 10.0. The van der Waals surface area contributed by atoms with Gasteiger partial charge in [-0.1, -0.05) is 12.1 Å². The molecule has 0 aliphatic heterocycles. The van der Waals surface area contributed by atoms with E-state index in [1.54, 1.807) is 12.1 Å². The smallest absolute Gasteiger partial charge is 0.115 e. The van der Waals surface area contributed by atoms with Crippen molar-refractivity contribution in [1.82, 2.24) is 5.32 Å². The molecule has 84 valence electrons. The van der Waals surface area contributed by atoms with Crippen LogP contribution in [-0.4, -0.2) is 16.5 Å². The number of nitrogens with one attached hydrogen (secondary N) is 1. The number of phenolic OH excluding ortho intramolecular Hbond substituents is 1. The molecule has 0 bridgehead atoms. The maximum atomic E-state index is 9.13. The highest BCUT2D eigenvalue weighted by molar-refractivity contribution is 6.17. The molecular weight excluding hydrogens is 210 g/mol. The molecule has 1 rings (SSSR count). The Labute approximate surface area is 96.3 Å². The number of aromatic hydroxyl groups is 1. The molecule has 0 radical (unpaired) electrons. The molecule has 2 nitrogen and oxygen atoms in total. The maximum Gasteiger partial charge on any atom is 0.115 e. The summed E-state index contributed by atoms with van der Waals surface area (Å²) in [6.45, 7) is 5.07. The molecule has 0 heterocycles.